The zero-order chi connectivity index (χ0) is 26.5. The highest BCUT2D eigenvalue weighted by Gasteiger charge is 2.50. The van der Waals surface area contributed by atoms with Crippen molar-refractivity contribution in [2.24, 2.45) is 11.8 Å². The van der Waals surface area contributed by atoms with Crippen molar-refractivity contribution in [1.82, 2.24) is 9.80 Å². The zero-order valence-corrected chi connectivity index (χ0v) is 25.6. The quantitative estimate of drug-likeness (QED) is 0.354. The van der Waals surface area contributed by atoms with Crippen molar-refractivity contribution in [1.29, 1.82) is 0 Å². The van der Waals surface area contributed by atoms with Gasteiger partial charge in [-0.2, -0.15) is 0 Å². The molecular weight excluding hydrogens is 492 g/mol. The van der Waals surface area contributed by atoms with Crippen LogP contribution in [0.5, 0.6) is 0 Å². The SMILES string of the molecule is C1CCC2C(C1)OC1CCCCC1N2C1CCC(C2CCC(N3C4CCCCC4OC4CCCCC43)CC2)CC1. The summed E-state index contributed by atoms with van der Waals surface area (Å²) in [6.45, 7) is 0. The Morgan fingerprint density at radius 2 is 0.575 bits per heavy atom. The lowest BCUT2D eigenvalue weighted by atomic mass is 9.69. The molecule has 4 heteroatoms. The van der Waals surface area contributed by atoms with Crippen molar-refractivity contribution >= 4 is 0 Å². The van der Waals surface area contributed by atoms with Crippen molar-refractivity contribution in [2.75, 3.05) is 0 Å². The largest absolute Gasteiger partial charge is 0.372 e. The normalized spacial score (nSPS) is 50.7. The maximum atomic E-state index is 6.80. The molecule has 0 amide bonds. The minimum absolute atomic E-state index is 0.550. The van der Waals surface area contributed by atoms with Crippen LogP contribution in [0.15, 0.2) is 0 Å². The van der Waals surface area contributed by atoms with E-state index >= 15 is 0 Å². The third kappa shape index (κ3) is 5.15. The van der Waals surface area contributed by atoms with Crippen molar-refractivity contribution in [2.45, 2.75) is 215 Å². The predicted molar refractivity (Wildman–Crippen MR) is 162 cm³/mol. The van der Waals surface area contributed by atoms with Gasteiger partial charge in [-0.25, -0.2) is 0 Å². The first-order valence-corrected chi connectivity index (χ1v) is 18.7. The van der Waals surface area contributed by atoms with Gasteiger partial charge in [-0.1, -0.05) is 51.4 Å². The number of ether oxygens (including phenoxy) is 2. The summed E-state index contributed by atoms with van der Waals surface area (Å²) in [6.07, 6.45) is 36.4. The van der Waals surface area contributed by atoms with Gasteiger partial charge in [0.25, 0.3) is 0 Å². The maximum absolute atomic E-state index is 6.80. The van der Waals surface area contributed by atoms with Gasteiger partial charge in [-0.15, -0.1) is 0 Å². The van der Waals surface area contributed by atoms with Gasteiger partial charge in [0, 0.05) is 36.3 Å². The van der Waals surface area contributed by atoms with Crippen molar-refractivity contribution in [3.8, 4) is 0 Å². The van der Waals surface area contributed by atoms with Gasteiger partial charge in [0.15, 0.2) is 0 Å². The van der Waals surface area contributed by atoms with Crippen LogP contribution in [0, 0.1) is 11.8 Å². The second-order valence-corrected chi connectivity index (χ2v) is 15.9. The fourth-order valence-corrected chi connectivity index (χ4v) is 12.1. The molecule has 0 aromatic heterocycles. The van der Waals surface area contributed by atoms with E-state index in [1.807, 2.05) is 0 Å². The molecule has 2 heterocycles. The predicted octanol–water partition coefficient (Wildman–Crippen LogP) is 8.01. The Labute approximate surface area is 245 Å². The molecule has 0 spiro atoms. The van der Waals surface area contributed by atoms with Gasteiger partial charge in [-0.05, 0) is 115 Å². The number of fused-ring (bicyclic) bond motifs is 4. The maximum Gasteiger partial charge on any atom is 0.0735 e. The van der Waals surface area contributed by atoms with Gasteiger partial charge in [-0.3, -0.25) is 9.80 Å². The summed E-state index contributed by atoms with van der Waals surface area (Å²) < 4.78 is 13.6. The molecule has 8 atom stereocenters. The van der Waals surface area contributed by atoms with E-state index in [2.05, 4.69) is 9.80 Å². The summed E-state index contributed by atoms with van der Waals surface area (Å²) in [5.74, 6) is 2.02. The summed E-state index contributed by atoms with van der Waals surface area (Å²) in [6, 6.07) is 4.67. The molecule has 40 heavy (non-hydrogen) atoms. The van der Waals surface area contributed by atoms with E-state index in [4.69, 9.17) is 9.47 Å². The van der Waals surface area contributed by atoms with Crippen LogP contribution in [-0.2, 0) is 9.47 Å². The fourth-order valence-electron chi connectivity index (χ4n) is 12.1. The van der Waals surface area contributed by atoms with E-state index in [0.717, 1.165) is 48.1 Å². The molecule has 0 aromatic carbocycles. The summed E-state index contributed by atoms with van der Waals surface area (Å²) in [5.41, 5.74) is 0. The molecule has 0 bridgehead atoms. The topological polar surface area (TPSA) is 24.9 Å². The average Bonchev–Trinajstić information content (AvgIpc) is 3.03. The van der Waals surface area contributed by atoms with Crippen LogP contribution in [0.1, 0.15) is 154 Å². The minimum atomic E-state index is 0.550. The summed E-state index contributed by atoms with van der Waals surface area (Å²) in [5, 5.41) is 0. The Hall–Kier alpha value is -0.160. The van der Waals surface area contributed by atoms with E-state index in [1.54, 1.807) is 0 Å². The van der Waals surface area contributed by atoms with Crippen LogP contribution < -0.4 is 0 Å². The summed E-state index contributed by atoms with van der Waals surface area (Å²) >= 11 is 0. The monoisotopic (exact) mass is 552 g/mol. The lowest BCUT2D eigenvalue weighted by molar-refractivity contribution is -0.192. The highest BCUT2D eigenvalue weighted by Crippen LogP contribution is 2.47. The Balaban J connectivity index is 0.890. The summed E-state index contributed by atoms with van der Waals surface area (Å²) in [4.78, 5) is 6.26. The molecule has 4 nitrogen and oxygen atoms in total. The van der Waals surface area contributed by atoms with Crippen molar-refractivity contribution < 1.29 is 9.47 Å². The third-order valence-electron chi connectivity index (χ3n) is 13.9. The first-order valence-electron chi connectivity index (χ1n) is 18.7. The number of hydrogen-bond donors (Lipinski definition) is 0. The standard InChI is InChI=1S/C36H60N2O2/c1-5-13-33-29(9-1)37(30-10-2-6-14-34(30)39-33)27-21-17-25(18-22-27)26-19-23-28(24-20-26)38-31-11-3-7-15-35(31)40-36-16-8-4-12-32(36)38/h25-36H,1-24H2. The third-order valence-corrected chi connectivity index (χ3v) is 13.9. The van der Waals surface area contributed by atoms with E-state index < -0.39 is 0 Å². The molecule has 2 saturated heterocycles. The van der Waals surface area contributed by atoms with Gasteiger partial charge in [0.05, 0.1) is 24.4 Å². The number of morpholine rings is 2. The van der Waals surface area contributed by atoms with Crippen LogP contribution in [-0.4, -0.2) is 70.5 Å². The van der Waals surface area contributed by atoms with E-state index in [-0.39, 0.29) is 0 Å². The van der Waals surface area contributed by atoms with Gasteiger partial charge >= 0.3 is 0 Å². The van der Waals surface area contributed by atoms with E-state index in [0.29, 0.717) is 24.4 Å². The highest BCUT2D eigenvalue weighted by molar-refractivity contribution is 5.03. The van der Waals surface area contributed by atoms with Gasteiger partial charge < -0.3 is 9.47 Å². The first kappa shape index (κ1) is 27.4. The molecular formula is C36H60N2O2. The number of rotatable bonds is 3. The van der Waals surface area contributed by atoms with E-state index in [9.17, 15) is 0 Å². The molecule has 2 aliphatic heterocycles. The second kappa shape index (κ2) is 12.1. The Kier molecular flexibility index (Phi) is 8.28. The fraction of sp³-hybridized carbons (Fsp3) is 1.00. The molecule has 6 saturated carbocycles. The molecule has 8 fully saturated rings. The average molecular weight is 553 g/mol. The lowest BCUT2D eigenvalue weighted by Gasteiger charge is -2.57. The van der Waals surface area contributed by atoms with Crippen LogP contribution >= 0.6 is 0 Å². The van der Waals surface area contributed by atoms with Gasteiger partial charge in [0.1, 0.15) is 0 Å². The first-order chi connectivity index (χ1) is 19.8. The molecule has 8 rings (SSSR count). The molecule has 226 valence electrons. The zero-order valence-electron chi connectivity index (χ0n) is 25.6. The van der Waals surface area contributed by atoms with Gasteiger partial charge in [0.2, 0.25) is 0 Å². The highest BCUT2D eigenvalue weighted by atomic mass is 16.5. The van der Waals surface area contributed by atoms with Crippen molar-refractivity contribution in [3.63, 3.8) is 0 Å². The lowest BCUT2D eigenvalue weighted by Crippen LogP contribution is -2.65. The smallest absolute Gasteiger partial charge is 0.0735 e. The second-order valence-electron chi connectivity index (χ2n) is 15.9. The molecule has 6 aliphatic carbocycles. The van der Waals surface area contributed by atoms with Crippen LogP contribution in [0.2, 0.25) is 0 Å². The Bertz CT molecular complexity index is 723. The van der Waals surface area contributed by atoms with Crippen LogP contribution in [0.3, 0.4) is 0 Å². The van der Waals surface area contributed by atoms with Crippen LogP contribution in [0.4, 0.5) is 0 Å². The Morgan fingerprint density at radius 3 is 0.875 bits per heavy atom. The molecule has 8 unspecified atom stereocenters. The van der Waals surface area contributed by atoms with Crippen molar-refractivity contribution in [3.05, 3.63) is 0 Å². The number of nitrogens with zero attached hydrogens (tertiary/aromatic N) is 2. The Morgan fingerprint density at radius 1 is 0.300 bits per heavy atom. The molecule has 0 N–H and O–H groups in total. The van der Waals surface area contributed by atoms with Crippen LogP contribution in [0.25, 0.3) is 0 Å². The number of hydrogen-bond acceptors (Lipinski definition) is 4. The summed E-state index contributed by atoms with van der Waals surface area (Å²) in [7, 11) is 0. The molecule has 0 aromatic rings. The van der Waals surface area contributed by atoms with E-state index in [1.165, 1.54) is 154 Å². The molecule has 8 aliphatic rings. The molecule has 0 radical (unpaired) electrons. The minimum Gasteiger partial charge on any atom is -0.372 e.